The SMILES string of the molecule is CC.CCC(=O)C(C)C.CCCCCC(C)C.Cc1ccc(F)c(C)c1. The quantitative estimate of drug-likeness (QED) is 0.461. The standard InChI is InChI=1S/C8H9F.C8H18.C6H12O.C2H6/c1-6-3-4-8(9)7(2)5-6;1-4-5-6-7-8(2)3;1-4-6(7)5(2)3;1-2/h3-5H,1-2H3;8H,4-7H2,1-3H3;5H,4H2,1-3H3;1-2H3. The molecule has 1 aromatic carbocycles. The van der Waals surface area contributed by atoms with E-state index in [-0.39, 0.29) is 11.7 Å². The number of ketones is 1. The lowest BCUT2D eigenvalue weighted by molar-refractivity contribution is -0.121. The zero-order valence-corrected chi connectivity index (χ0v) is 19.2. The smallest absolute Gasteiger partial charge is 0.135 e. The summed E-state index contributed by atoms with van der Waals surface area (Å²) in [5.41, 5.74) is 1.82. The predicted octanol–water partition coefficient (Wildman–Crippen LogP) is 8.31. The Kier molecular flexibility index (Phi) is 22.9. The van der Waals surface area contributed by atoms with Crippen molar-refractivity contribution in [2.45, 2.75) is 101 Å². The zero-order chi connectivity index (χ0) is 21.1. The molecule has 0 N–H and O–H groups in total. The fraction of sp³-hybridized carbons (Fsp3) is 0.708. The van der Waals surface area contributed by atoms with Crippen LogP contribution in [-0.2, 0) is 4.79 Å². The molecule has 0 bridgehead atoms. The first-order chi connectivity index (χ1) is 12.1. The second kappa shape index (κ2) is 20.1. The fourth-order valence-corrected chi connectivity index (χ4v) is 2.01. The van der Waals surface area contributed by atoms with Gasteiger partial charge in [0.2, 0.25) is 0 Å². The second-order valence-electron chi connectivity index (χ2n) is 7.12. The first kappa shape index (κ1) is 29.6. The fourth-order valence-electron chi connectivity index (χ4n) is 2.01. The molecule has 0 saturated carbocycles. The average Bonchev–Trinajstić information content (AvgIpc) is 2.60. The number of unbranched alkanes of at least 4 members (excludes halogenated alkanes) is 2. The van der Waals surface area contributed by atoms with Crippen LogP contribution < -0.4 is 0 Å². The van der Waals surface area contributed by atoms with Gasteiger partial charge in [0.05, 0.1) is 0 Å². The molecule has 0 aliphatic heterocycles. The van der Waals surface area contributed by atoms with Gasteiger partial charge in [0.1, 0.15) is 11.6 Å². The molecular formula is C24H45FO. The summed E-state index contributed by atoms with van der Waals surface area (Å²) in [6.07, 6.45) is 6.28. The van der Waals surface area contributed by atoms with Gasteiger partial charge >= 0.3 is 0 Å². The van der Waals surface area contributed by atoms with E-state index in [1.165, 1.54) is 31.7 Å². The second-order valence-corrected chi connectivity index (χ2v) is 7.12. The molecule has 0 aliphatic carbocycles. The molecule has 0 amide bonds. The van der Waals surface area contributed by atoms with Crippen molar-refractivity contribution in [1.29, 1.82) is 0 Å². The number of aryl methyl sites for hydroxylation is 2. The maximum Gasteiger partial charge on any atom is 0.135 e. The Labute approximate surface area is 163 Å². The zero-order valence-electron chi connectivity index (χ0n) is 19.2. The molecule has 0 aliphatic rings. The number of carbonyl (C=O) groups excluding carboxylic acids is 1. The molecule has 0 radical (unpaired) electrons. The molecule has 2 heteroatoms. The van der Waals surface area contributed by atoms with E-state index in [1.54, 1.807) is 13.0 Å². The van der Waals surface area contributed by atoms with Gasteiger partial charge in [-0.2, -0.15) is 0 Å². The Morgan fingerprint density at radius 1 is 1.00 bits per heavy atom. The average molecular weight is 369 g/mol. The summed E-state index contributed by atoms with van der Waals surface area (Å²) >= 11 is 0. The molecule has 0 unspecified atom stereocenters. The van der Waals surface area contributed by atoms with Crippen LogP contribution >= 0.6 is 0 Å². The van der Waals surface area contributed by atoms with Gasteiger partial charge in [0, 0.05) is 12.3 Å². The Morgan fingerprint density at radius 3 is 1.81 bits per heavy atom. The highest BCUT2D eigenvalue weighted by molar-refractivity contribution is 5.79. The minimum absolute atomic E-state index is 0.124. The van der Waals surface area contributed by atoms with Gasteiger partial charge in [-0.15, -0.1) is 0 Å². The third-order valence-electron chi connectivity index (χ3n) is 3.69. The van der Waals surface area contributed by atoms with Gasteiger partial charge in [-0.25, -0.2) is 4.39 Å². The molecule has 1 nitrogen and oxygen atoms in total. The summed E-state index contributed by atoms with van der Waals surface area (Å²) in [4.78, 5) is 10.5. The van der Waals surface area contributed by atoms with E-state index in [0.717, 1.165) is 17.0 Å². The van der Waals surface area contributed by atoms with E-state index < -0.39 is 0 Å². The lowest BCUT2D eigenvalue weighted by Gasteiger charge is -2.00. The third-order valence-corrected chi connectivity index (χ3v) is 3.69. The Bertz CT molecular complexity index is 436. The summed E-state index contributed by atoms with van der Waals surface area (Å²) < 4.78 is 12.5. The monoisotopic (exact) mass is 368 g/mol. The minimum atomic E-state index is -0.124. The highest BCUT2D eigenvalue weighted by atomic mass is 19.1. The first-order valence-electron chi connectivity index (χ1n) is 10.4. The van der Waals surface area contributed by atoms with Crippen LogP contribution in [0.15, 0.2) is 18.2 Å². The number of carbonyl (C=O) groups is 1. The molecule has 0 aromatic heterocycles. The van der Waals surface area contributed by atoms with Gasteiger partial charge in [0.15, 0.2) is 0 Å². The number of Topliss-reactive ketones (excluding diaryl/α,β-unsaturated/α-hetero) is 1. The first-order valence-corrected chi connectivity index (χ1v) is 10.4. The van der Waals surface area contributed by atoms with Crippen molar-refractivity contribution in [2.24, 2.45) is 11.8 Å². The van der Waals surface area contributed by atoms with Crippen molar-refractivity contribution in [3.8, 4) is 0 Å². The molecule has 1 rings (SSSR count). The minimum Gasteiger partial charge on any atom is -0.299 e. The largest absolute Gasteiger partial charge is 0.299 e. The molecule has 154 valence electrons. The molecule has 0 heterocycles. The molecule has 0 fully saturated rings. The van der Waals surface area contributed by atoms with E-state index in [0.29, 0.717) is 12.2 Å². The number of hydrogen-bond donors (Lipinski definition) is 0. The Morgan fingerprint density at radius 2 is 1.54 bits per heavy atom. The predicted molar refractivity (Wildman–Crippen MR) is 116 cm³/mol. The summed E-state index contributed by atoms with van der Waals surface area (Å²) in [6.45, 7) is 20.3. The number of benzene rings is 1. The van der Waals surface area contributed by atoms with Crippen molar-refractivity contribution in [3.05, 3.63) is 35.1 Å². The van der Waals surface area contributed by atoms with E-state index in [2.05, 4.69) is 20.8 Å². The summed E-state index contributed by atoms with van der Waals surface area (Å²) in [7, 11) is 0. The maximum absolute atomic E-state index is 12.5. The van der Waals surface area contributed by atoms with Crippen molar-refractivity contribution in [2.75, 3.05) is 0 Å². The van der Waals surface area contributed by atoms with Gasteiger partial charge in [0.25, 0.3) is 0 Å². The summed E-state index contributed by atoms with van der Waals surface area (Å²) in [5.74, 6) is 1.35. The third kappa shape index (κ3) is 20.9. The van der Waals surface area contributed by atoms with Crippen LogP contribution in [0.2, 0.25) is 0 Å². The van der Waals surface area contributed by atoms with Crippen molar-refractivity contribution >= 4 is 5.78 Å². The van der Waals surface area contributed by atoms with Gasteiger partial charge in [-0.3, -0.25) is 4.79 Å². The lowest BCUT2D eigenvalue weighted by Crippen LogP contribution is -2.03. The molecule has 1 aromatic rings. The molecule has 0 saturated heterocycles. The summed E-state index contributed by atoms with van der Waals surface area (Å²) in [6, 6.07) is 5.09. The van der Waals surface area contributed by atoms with Gasteiger partial charge in [-0.05, 0) is 31.4 Å². The van der Waals surface area contributed by atoms with Crippen molar-refractivity contribution in [1.82, 2.24) is 0 Å². The van der Waals surface area contributed by atoms with Crippen LogP contribution in [0.25, 0.3) is 0 Å². The molecule has 0 spiro atoms. The lowest BCUT2D eigenvalue weighted by atomic mass is 10.1. The van der Waals surface area contributed by atoms with Crippen LogP contribution in [0.1, 0.15) is 98.6 Å². The van der Waals surface area contributed by atoms with E-state index in [4.69, 9.17) is 0 Å². The number of rotatable bonds is 6. The number of halogens is 1. The topological polar surface area (TPSA) is 17.1 Å². The Balaban J connectivity index is -0.000000293. The van der Waals surface area contributed by atoms with Gasteiger partial charge < -0.3 is 0 Å². The molecule has 0 atom stereocenters. The van der Waals surface area contributed by atoms with Crippen LogP contribution in [0.5, 0.6) is 0 Å². The number of hydrogen-bond acceptors (Lipinski definition) is 1. The Hall–Kier alpha value is -1.18. The highest BCUT2D eigenvalue weighted by Gasteiger charge is 2.00. The van der Waals surface area contributed by atoms with Crippen molar-refractivity contribution < 1.29 is 9.18 Å². The van der Waals surface area contributed by atoms with Crippen LogP contribution in [0.3, 0.4) is 0 Å². The highest BCUT2D eigenvalue weighted by Crippen LogP contribution is 2.07. The van der Waals surface area contributed by atoms with E-state index >= 15 is 0 Å². The maximum atomic E-state index is 12.5. The van der Waals surface area contributed by atoms with Crippen LogP contribution in [0.4, 0.5) is 4.39 Å². The van der Waals surface area contributed by atoms with E-state index in [1.807, 2.05) is 47.6 Å². The van der Waals surface area contributed by atoms with Crippen LogP contribution in [-0.4, -0.2) is 5.78 Å². The van der Waals surface area contributed by atoms with Gasteiger partial charge in [-0.1, -0.05) is 98.8 Å². The molecule has 26 heavy (non-hydrogen) atoms. The van der Waals surface area contributed by atoms with Crippen molar-refractivity contribution in [3.63, 3.8) is 0 Å². The van der Waals surface area contributed by atoms with Crippen LogP contribution in [0, 0.1) is 31.5 Å². The van der Waals surface area contributed by atoms with E-state index in [9.17, 15) is 9.18 Å². The summed E-state index contributed by atoms with van der Waals surface area (Å²) in [5, 5.41) is 0. The molecular weight excluding hydrogens is 323 g/mol. The normalized spacial score (nSPS) is 9.42.